The third kappa shape index (κ3) is 4.02. The van der Waals surface area contributed by atoms with Crippen molar-refractivity contribution in [2.75, 3.05) is 20.3 Å². The number of benzene rings is 2. The van der Waals surface area contributed by atoms with Crippen LogP contribution in [0, 0.1) is 6.92 Å². The first kappa shape index (κ1) is 19.1. The lowest BCUT2D eigenvalue weighted by molar-refractivity contribution is 0.0938. The molecule has 144 valence electrons. The van der Waals surface area contributed by atoms with Gasteiger partial charge in [0.05, 0.1) is 13.2 Å². The molecule has 5 nitrogen and oxygen atoms in total. The molecule has 27 heavy (non-hydrogen) atoms. The fraction of sp³-hybridized carbons (Fsp3) is 0.409. The van der Waals surface area contributed by atoms with Crippen molar-refractivity contribution in [3.05, 3.63) is 52.6 Å². The number of hydrogen-bond donors (Lipinski definition) is 1. The van der Waals surface area contributed by atoms with Crippen molar-refractivity contribution in [1.82, 2.24) is 5.32 Å². The molecule has 0 fully saturated rings. The van der Waals surface area contributed by atoms with E-state index < -0.39 is 0 Å². The summed E-state index contributed by atoms with van der Waals surface area (Å²) in [5.41, 5.74) is 3.87. The highest BCUT2D eigenvalue weighted by atomic mass is 16.6. The van der Waals surface area contributed by atoms with E-state index in [1.54, 1.807) is 25.3 Å². The maximum atomic E-state index is 12.7. The number of hydrogen-bond acceptors (Lipinski definition) is 4. The average molecular weight is 369 g/mol. The molecule has 1 atom stereocenters. The maximum absolute atomic E-state index is 12.7. The fourth-order valence-corrected chi connectivity index (χ4v) is 3.35. The quantitative estimate of drug-likeness (QED) is 0.849. The molecule has 0 aliphatic carbocycles. The molecular formula is C22H27NO4. The van der Waals surface area contributed by atoms with Gasteiger partial charge in [-0.05, 0) is 66.8 Å². The van der Waals surface area contributed by atoms with Crippen LogP contribution >= 0.6 is 0 Å². The Morgan fingerprint density at radius 3 is 2.41 bits per heavy atom. The van der Waals surface area contributed by atoms with Gasteiger partial charge >= 0.3 is 0 Å². The number of carbonyl (C=O) groups excluding carboxylic acids is 1. The second kappa shape index (κ2) is 7.91. The summed E-state index contributed by atoms with van der Waals surface area (Å²) in [7, 11) is 1.69. The van der Waals surface area contributed by atoms with E-state index in [4.69, 9.17) is 14.2 Å². The monoisotopic (exact) mass is 369 g/mol. The number of amides is 1. The molecule has 1 heterocycles. The summed E-state index contributed by atoms with van der Waals surface area (Å²) in [4.78, 5) is 12.7. The zero-order valence-corrected chi connectivity index (χ0v) is 16.6. The molecule has 2 aromatic carbocycles. The van der Waals surface area contributed by atoms with Gasteiger partial charge in [0, 0.05) is 5.56 Å². The second-order valence-electron chi connectivity index (χ2n) is 7.16. The van der Waals surface area contributed by atoms with E-state index in [1.807, 2.05) is 19.9 Å². The van der Waals surface area contributed by atoms with Crippen molar-refractivity contribution in [2.45, 2.75) is 39.7 Å². The zero-order valence-electron chi connectivity index (χ0n) is 16.6. The number of carbonyl (C=O) groups is 1. The molecule has 1 amide bonds. The van der Waals surface area contributed by atoms with Crippen LogP contribution in [0.1, 0.15) is 59.8 Å². The van der Waals surface area contributed by atoms with Crippen LogP contribution in [0.25, 0.3) is 0 Å². The number of nitrogens with one attached hydrogen (secondary N) is 1. The Balaban J connectivity index is 1.81. The van der Waals surface area contributed by atoms with Crippen molar-refractivity contribution < 1.29 is 19.0 Å². The predicted octanol–water partition coefficient (Wildman–Crippen LogP) is 4.39. The first-order valence-corrected chi connectivity index (χ1v) is 9.29. The molecule has 0 saturated carbocycles. The van der Waals surface area contributed by atoms with Gasteiger partial charge in [0.25, 0.3) is 5.91 Å². The van der Waals surface area contributed by atoms with Gasteiger partial charge in [-0.15, -0.1) is 0 Å². The molecule has 0 unspecified atom stereocenters. The molecule has 0 spiro atoms. The van der Waals surface area contributed by atoms with Crippen LogP contribution in [0.15, 0.2) is 30.3 Å². The minimum atomic E-state index is -0.138. The van der Waals surface area contributed by atoms with E-state index in [0.29, 0.717) is 36.2 Å². The molecule has 2 aromatic rings. The standard InChI is InChI=1S/C22H27NO4/c1-13(2)17-12-18(14(3)10-20(17)25-5)15(4)23-22(24)16-6-7-19-21(11-16)27-9-8-26-19/h6-7,10-13,15H,8-9H2,1-5H3,(H,23,24)/t15-/m1/s1. The fourth-order valence-electron chi connectivity index (χ4n) is 3.35. The lowest BCUT2D eigenvalue weighted by Crippen LogP contribution is -2.27. The lowest BCUT2D eigenvalue weighted by atomic mass is 9.93. The Morgan fingerprint density at radius 1 is 1.04 bits per heavy atom. The molecule has 0 radical (unpaired) electrons. The number of fused-ring (bicyclic) bond motifs is 1. The van der Waals surface area contributed by atoms with Gasteiger partial charge in [-0.3, -0.25) is 4.79 Å². The summed E-state index contributed by atoms with van der Waals surface area (Å²) in [5.74, 6) is 2.38. The van der Waals surface area contributed by atoms with E-state index in [-0.39, 0.29) is 11.9 Å². The van der Waals surface area contributed by atoms with Gasteiger partial charge in [-0.1, -0.05) is 13.8 Å². The van der Waals surface area contributed by atoms with E-state index in [2.05, 4.69) is 25.2 Å². The van der Waals surface area contributed by atoms with Gasteiger partial charge in [0.2, 0.25) is 0 Å². The normalized spacial score (nSPS) is 14.0. The highest BCUT2D eigenvalue weighted by Crippen LogP contribution is 2.33. The van der Waals surface area contributed by atoms with Gasteiger partial charge in [-0.25, -0.2) is 0 Å². The average Bonchev–Trinajstić information content (AvgIpc) is 2.66. The van der Waals surface area contributed by atoms with Crippen molar-refractivity contribution in [2.24, 2.45) is 0 Å². The summed E-state index contributed by atoms with van der Waals surface area (Å²) in [6, 6.07) is 9.32. The number of methoxy groups -OCH3 is 1. The van der Waals surface area contributed by atoms with Crippen LogP contribution in [0.3, 0.4) is 0 Å². The van der Waals surface area contributed by atoms with Crippen molar-refractivity contribution in [1.29, 1.82) is 0 Å². The molecule has 0 saturated heterocycles. The van der Waals surface area contributed by atoms with Crippen LogP contribution in [0.4, 0.5) is 0 Å². The summed E-state index contributed by atoms with van der Waals surface area (Å²) >= 11 is 0. The molecule has 1 aliphatic rings. The van der Waals surface area contributed by atoms with Crippen LogP contribution in [-0.2, 0) is 0 Å². The smallest absolute Gasteiger partial charge is 0.251 e. The second-order valence-corrected chi connectivity index (χ2v) is 7.16. The van der Waals surface area contributed by atoms with Crippen LogP contribution in [-0.4, -0.2) is 26.2 Å². The molecule has 1 aliphatic heterocycles. The van der Waals surface area contributed by atoms with E-state index in [1.165, 1.54) is 0 Å². The summed E-state index contributed by atoms with van der Waals surface area (Å²) < 4.78 is 16.6. The van der Waals surface area contributed by atoms with Gasteiger partial charge in [0.1, 0.15) is 19.0 Å². The highest BCUT2D eigenvalue weighted by molar-refractivity contribution is 5.95. The Bertz CT molecular complexity index is 844. The lowest BCUT2D eigenvalue weighted by Gasteiger charge is -2.22. The first-order chi connectivity index (χ1) is 12.9. The predicted molar refractivity (Wildman–Crippen MR) is 105 cm³/mol. The third-order valence-corrected chi connectivity index (χ3v) is 4.86. The summed E-state index contributed by atoms with van der Waals surface area (Å²) in [5, 5.41) is 3.09. The minimum absolute atomic E-state index is 0.130. The molecular weight excluding hydrogens is 342 g/mol. The van der Waals surface area contributed by atoms with Crippen molar-refractivity contribution >= 4 is 5.91 Å². The summed E-state index contributed by atoms with van der Waals surface area (Å²) in [6.07, 6.45) is 0. The summed E-state index contributed by atoms with van der Waals surface area (Å²) in [6.45, 7) is 9.33. The van der Waals surface area contributed by atoms with Crippen LogP contribution in [0.5, 0.6) is 17.2 Å². The van der Waals surface area contributed by atoms with Gasteiger partial charge in [-0.2, -0.15) is 0 Å². The van der Waals surface area contributed by atoms with E-state index in [9.17, 15) is 4.79 Å². The van der Waals surface area contributed by atoms with E-state index >= 15 is 0 Å². The Labute approximate surface area is 160 Å². The van der Waals surface area contributed by atoms with Crippen molar-refractivity contribution in [3.8, 4) is 17.2 Å². The van der Waals surface area contributed by atoms with Gasteiger partial charge in [0.15, 0.2) is 11.5 Å². The van der Waals surface area contributed by atoms with Gasteiger partial charge < -0.3 is 19.5 Å². The Kier molecular flexibility index (Phi) is 5.59. The number of ether oxygens (including phenoxy) is 3. The van der Waals surface area contributed by atoms with Crippen LogP contribution in [0.2, 0.25) is 0 Å². The van der Waals surface area contributed by atoms with Crippen molar-refractivity contribution in [3.63, 3.8) is 0 Å². The minimum Gasteiger partial charge on any atom is -0.496 e. The third-order valence-electron chi connectivity index (χ3n) is 4.86. The molecule has 5 heteroatoms. The highest BCUT2D eigenvalue weighted by Gasteiger charge is 2.19. The van der Waals surface area contributed by atoms with Crippen LogP contribution < -0.4 is 19.5 Å². The first-order valence-electron chi connectivity index (χ1n) is 9.29. The Hall–Kier alpha value is -2.69. The SMILES string of the molecule is COc1cc(C)c([C@@H](C)NC(=O)c2ccc3c(c2)OCCO3)cc1C(C)C. The molecule has 1 N–H and O–H groups in total. The Morgan fingerprint density at radius 2 is 1.74 bits per heavy atom. The number of aryl methyl sites for hydroxylation is 1. The molecule has 0 bridgehead atoms. The molecule has 3 rings (SSSR count). The maximum Gasteiger partial charge on any atom is 0.251 e. The zero-order chi connectivity index (χ0) is 19.6. The topological polar surface area (TPSA) is 56.8 Å². The molecule has 0 aromatic heterocycles. The van der Waals surface area contributed by atoms with E-state index in [0.717, 1.165) is 22.4 Å². The largest absolute Gasteiger partial charge is 0.496 e. The number of rotatable bonds is 5.